The van der Waals surface area contributed by atoms with Gasteiger partial charge in [-0.1, -0.05) is 20.4 Å². The van der Waals surface area contributed by atoms with Crippen LogP contribution in [0.25, 0.3) is 0 Å². The molecule has 0 spiro atoms. The summed E-state index contributed by atoms with van der Waals surface area (Å²) in [7, 11) is 0. The second-order valence-electron chi connectivity index (χ2n) is 2.86. The summed E-state index contributed by atoms with van der Waals surface area (Å²) in [5.74, 6) is 0.853. The van der Waals surface area contributed by atoms with Crippen LogP contribution in [0, 0.1) is 5.92 Å². The number of hydrogen-bond acceptors (Lipinski definition) is 3. The highest BCUT2D eigenvalue weighted by Crippen LogP contribution is 2.17. The zero-order valence-electron chi connectivity index (χ0n) is 6.89. The average Bonchev–Trinajstić information content (AvgIpc) is 1.85. The lowest BCUT2D eigenvalue weighted by Gasteiger charge is -2.18. The fraction of sp³-hybridized carbons (Fsp3) is 0.375. The standard InChI is InChI=1S/C8H13N3/c1-5(2)7-4-10-8(9)11-6(7)3/h4-5H,3H2,1-2H3,(H3,9,10,11). The van der Waals surface area contributed by atoms with E-state index in [1.807, 2.05) is 0 Å². The summed E-state index contributed by atoms with van der Waals surface area (Å²) < 4.78 is 0. The normalized spacial score (nSPS) is 17.5. The molecule has 0 unspecified atom stereocenters. The van der Waals surface area contributed by atoms with Crippen LogP contribution in [-0.2, 0) is 0 Å². The van der Waals surface area contributed by atoms with E-state index >= 15 is 0 Å². The van der Waals surface area contributed by atoms with Crippen LogP contribution in [0.15, 0.2) is 29.0 Å². The van der Waals surface area contributed by atoms with Crippen LogP contribution < -0.4 is 11.1 Å². The lowest BCUT2D eigenvalue weighted by Crippen LogP contribution is -2.33. The second-order valence-corrected chi connectivity index (χ2v) is 2.86. The lowest BCUT2D eigenvalue weighted by molar-refractivity contribution is 0.756. The van der Waals surface area contributed by atoms with Crippen molar-refractivity contribution in [2.45, 2.75) is 13.8 Å². The Hall–Kier alpha value is -1.25. The smallest absolute Gasteiger partial charge is 0.197 e. The van der Waals surface area contributed by atoms with Crippen LogP contribution in [0.5, 0.6) is 0 Å². The molecule has 0 amide bonds. The van der Waals surface area contributed by atoms with Crippen molar-refractivity contribution >= 4 is 5.96 Å². The molecule has 1 aliphatic rings. The molecule has 0 radical (unpaired) electrons. The number of guanidine groups is 1. The molecule has 3 nitrogen and oxygen atoms in total. The third kappa shape index (κ3) is 1.61. The lowest BCUT2D eigenvalue weighted by atomic mass is 10.0. The van der Waals surface area contributed by atoms with Crippen LogP contribution in [0.2, 0.25) is 0 Å². The molecule has 0 bridgehead atoms. The predicted octanol–water partition coefficient (Wildman–Crippen LogP) is 0.958. The third-order valence-corrected chi connectivity index (χ3v) is 1.59. The fourth-order valence-electron chi connectivity index (χ4n) is 0.974. The molecule has 0 saturated carbocycles. The quantitative estimate of drug-likeness (QED) is 0.586. The Balaban J connectivity index is 2.87. The molecule has 0 atom stereocenters. The Morgan fingerprint density at radius 3 is 2.73 bits per heavy atom. The zero-order valence-corrected chi connectivity index (χ0v) is 6.89. The number of aliphatic imine (C=N–C) groups is 1. The maximum Gasteiger partial charge on any atom is 0.197 e. The van der Waals surface area contributed by atoms with Gasteiger partial charge in [0, 0.05) is 11.9 Å². The Labute approximate surface area is 66.7 Å². The van der Waals surface area contributed by atoms with Gasteiger partial charge in [0.05, 0.1) is 0 Å². The summed E-state index contributed by atoms with van der Waals surface area (Å²) in [5, 5.41) is 2.88. The average molecular weight is 151 g/mol. The fourth-order valence-corrected chi connectivity index (χ4v) is 0.974. The van der Waals surface area contributed by atoms with Crippen LogP contribution in [0.3, 0.4) is 0 Å². The van der Waals surface area contributed by atoms with Gasteiger partial charge in [0.1, 0.15) is 0 Å². The Bertz CT molecular complexity index is 236. The molecule has 11 heavy (non-hydrogen) atoms. The van der Waals surface area contributed by atoms with E-state index in [0.717, 1.165) is 11.3 Å². The number of allylic oxidation sites excluding steroid dienone is 1. The monoisotopic (exact) mass is 151 g/mol. The topological polar surface area (TPSA) is 50.4 Å². The number of nitrogens with zero attached hydrogens (tertiary/aromatic N) is 1. The number of hydrogen-bond donors (Lipinski definition) is 2. The van der Waals surface area contributed by atoms with E-state index in [4.69, 9.17) is 5.73 Å². The molecule has 0 aromatic rings. The van der Waals surface area contributed by atoms with E-state index in [2.05, 4.69) is 30.7 Å². The predicted molar refractivity (Wildman–Crippen MR) is 46.8 cm³/mol. The van der Waals surface area contributed by atoms with Crippen molar-refractivity contribution in [2.24, 2.45) is 16.6 Å². The van der Waals surface area contributed by atoms with Crippen LogP contribution in [-0.4, -0.2) is 5.96 Å². The maximum absolute atomic E-state index is 5.42. The van der Waals surface area contributed by atoms with E-state index in [0.29, 0.717) is 11.9 Å². The first-order valence-corrected chi connectivity index (χ1v) is 3.61. The molecule has 1 heterocycles. The highest BCUT2D eigenvalue weighted by atomic mass is 15.1. The van der Waals surface area contributed by atoms with Crippen molar-refractivity contribution in [1.82, 2.24) is 5.32 Å². The van der Waals surface area contributed by atoms with Crippen LogP contribution >= 0.6 is 0 Å². The molecule has 0 saturated heterocycles. The number of nitrogens with two attached hydrogens (primary N) is 1. The Kier molecular flexibility index (Phi) is 1.98. The Morgan fingerprint density at radius 2 is 2.27 bits per heavy atom. The summed E-state index contributed by atoms with van der Waals surface area (Å²) in [5.41, 5.74) is 7.39. The highest BCUT2D eigenvalue weighted by Gasteiger charge is 2.11. The van der Waals surface area contributed by atoms with Crippen molar-refractivity contribution in [3.8, 4) is 0 Å². The van der Waals surface area contributed by atoms with E-state index < -0.39 is 0 Å². The van der Waals surface area contributed by atoms with E-state index in [-0.39, 0.29) is 0 Å². The largest absolute Gasteiger partial charge is 0.369 e. The van der Waals surface area contributed by atoms with Gasteiger partial charge >= 0.3 is 0 Å². The first kappa shape index (κ1) is 7.85. The summed E-state index contributed by atoms with van der Waals surface area (Å²) >= 11 is 0. The van der Waals surface area contributed by atoms with Gasteiger partial charge in [0.2, 0.25) is 0 Å². The summed E-state index contributed by atoms with van der Waals surface area (Å²) in [6.07, 6.45) is 1.76. The van der Waals surface area contributed by atoms with E-state index in [9.17, 15) is 0 Å². The van der Waals surface area contributed by atoms with Gasteiger partial charge in [0.25, 0.3) is 0 Å². The summed E-state index contributed by atoms with van der Waals surface area (Å²) in [6, 6.07) is 0. The van der Waals surface area contributed by atoms with Gasteiger partial charge in [0.15, 0.2) is 5.96 Å². The molecule has 1 rings (SSSR count). The Morgan fingerprint density at radius 1 is 1.64 bits per heavy atom. The SMILES string of the molecule is C=C1NC(N)=NC=C1C(C)C. The molecular weight excluding hydrogens is 138 g/mol. The van der Waals surface area contributed by atoms with Crippen molar-refractivity contribution in [3.63, 3.8) is 0 Å². The molecule has 1 aliphatic heterocycles. The molecule has 0 aliphatic carbocycles. The first-order valence-electron chi connectivity index (χ1n) is 3.61. The van der Waals surface area contributed by atoms with Crippen molar-refractivity contribution < 1.29 is 0 Å². The highest BCUT2D eigenvalue weighted by molar-refractivity contribution is 5.82. The molecule has 3 N–H and O–H groups in total. The molecule has 60 valence electrons. The minimum absolute atomic E-state index is 0.416. The molecular formula is C8H13N3. The van der Waals surface area contributed by atoms with Gasteiger partial charge in [-0.05, 0) is 11.5 Å². The van der Waals surface area contributed by atoms with Gasteiger partial charge in [-0.2, -0.15) is 0 Å². The van der Waals surface area contributed by atoms with Gasteiger partial charge in [-0.15, -0.1) is 0 Å². The van der Waals surface area contributed by atoms with Crippen LogP contribution in [0.4, 0.5) is 0 Å². The second kappa shape index (κ2) is 2.78. The summed E-state index contributed by atoms with van der Waals surface area (Å²) in [6.45, 7) is 8.01. The number of nitrogens with one attached hydrogen (secondary N) is 1. The minimum Gasteiger partial charge on any atom is -0.369 e. The van der Waals surface area contributed by atoms with Crippen LogP contribution in [0.1, 0.15) is 13.8 Å². The summed E-state index contributed by atoms with van der Waals surface area (Å²) in [4.78, 5) is 3.94. The zero-order chi connectivity index (χ0) is 8.43. The minimum atomic E-state index is 0.416. The van der Waals surface area contributed by atoms with Crippen molar-refractivity contribution in [1.29, 1.82) is 0 Å². The molecule has 3 heteroatoms. The van der Waals surface area contributed by atoms with Crippen molar-refractivity contribution in [3.05, 3.63) is 24.0 Å². The van der Waals surface area contributed by atoms with Gasteiger partial charge in [-0.3, -0.25) is 0 Å². The van der Waals surface area contributed by atoms with Gasteiger partial charge in [-0.25, -0.2) is 4.99 Å². The molecule has 0 fully saturated rings. The molecule has 0 aromatic carbocycles. The first-order chi connectivity index (χ1) is 5.11. The molecule has 0 aromatic heterocycles. The number of rotatable bonds is 1. The van der Waals surface area contributed by atoms with Crippen molar-refractivity contribution in [2.75, 3.05) is 0 Å². The third-order valence-electron chi connectivity index (χ3n) is 1.59. The van der Waals surface area contributed by atoms with Gasteiger partial charge < -0.3 is 11.1 Å². The maximum atomic E-state index is 5.42. The van der Waals surface area contributed by atoms with E-state index in [1.165, 1.54) is 0 Å². The van der Waals surface area contributed by atoms with E-state index in [1.54, 1.807) is 6.20 Å².